The third-order valence-corrected chi connectivity index (χ3v) is 6.36. The summed E-state index contributed by atoms with van der Waals surface area (Å²) < 4.78 is 39.6. The number of aromatic nitrogens is 1. The molecule has 0 saturated carbocycles. The summed E-state index contributed by atoms with van der Waals surface area (Å²) in [5.74, 6) is -0.144. The lowest BCUT2D eigenvalue weighted by molar-refractivity contribution is 0.180. The van der Waals surface area contributed by atoms with Crippen LogP contribution in [0.4, 0.5) is 15.8 Å². The van der Waals surface area contributed by atoms with Crippen LogP contribution in [-0.4, -0.2) is 54.5 Å². The average Bonchev–Trinajstić information content (AvgIpc) is 2.66. The summed E-state index contributed by atoms with van der Waals surface area (Å²) in [5, 5.41) is 3.21. The molecule has 0 atom stereocenters. The van der Waals surface area contributed by atoms with Gasteiger partial charge in [0.25, 0.3) is 0 Å². The van der Waals surface area contributed by atoms with Gasteiger partial charge in [-0.15, -0.1) is 0 Å². The first-order valence-electron chi connectivity index (χ1n) is 8.63. The Morgan fingerprint density at radius 3 is 2.58 bits per heavy atom. The highest BCUT2D eigenvalue weighted by molar-refractivity contribution is 7.89. The van der Waals surface area contributed by atoms with E-state index in [1.165, 1.54) is 10.4 Å². The maximum atomic E-state index is 14.2. The van der Waals surface area contributed by atoms with Gasteiger partial charge in [-0.1, -0.05) is 0 Å². The van der Waals surface area contributed by atoms with Gasteiger partial charge in [0.15, 0.2) is 0 Å². The highest BCUT2D eigenvalue weighted by Crippen LogP contribution is 2.21. The Balaban J connectivity index is 1.64. The van der Waals surface area contributed by atoms with E-state index in [0.29, 0.717) is 38.3 Å². The Labute approximate surface area is 153 Å². The lowest BCUT2D eigenvalue weighted by Crippen LogP contribution is -2.48. The van der Waals surface area contributed by atoms with Gasteiger partial charge in [0.2, 0.25) is 10.0 Å². The predicted octanol–water partition coefficient (Wildman–Crippen LogP) is 2.43. The number of nitrogens with zero attached hydrogens (tertiary/aromatic N) is 3. The number of hydrogen-bond acceptors (Lipinski definition) is 5. The van der Waals surface area contributed by atoms with Crippen LogP contribution in [0.25, 0.3) is 0 Å². The van der Waals surface area contributed by atoms with Gasteiger partial charge in [-0.05, 0) is 37.3 Å². The van der Waals surface area contributed by atoms with E-state index in [0.717, 1.165) is 11.4 Å². The highest BCUT2D eigenvalue weighted by Gasteiger charge is 2.25. The van der Waals surface area contributed by atoms with Gasteiger partial charge in [0.1, 0.15) is 5.82 Å². The molecule has 1 fully saturated rings. The van der Waals surface area contributed by atoms with Crippen LogP contribution in [0.5, 0.6) is 0 Å². The molecule has 0 amide bonds. The normalized spacial score (nSPS) is 16.5. The van der Waals surface area contributed by atoms with Crippen LogP contribution in [-0.2, 0) is 16.6 Å². The molecule has 140 valence electrons. The van der Waals surface area contributed by atoms with Crippen molar-refractivity contribution in [3.63, 3.8) is 0 Å². The van der Waals surface area contributed by atoms with Gasteiger partial charge in [-0.25, -0.2) is 12.8 Å². The van der Waals surface area contributed by atoms with Gasteiger partial charge < -0.3 is 5.32 Å². The summed E-state index contributed by atoms with van der Waals surface area (Å²) in [7, 11) is -3.15. The van der Waals surface area contributed by atoms with Crippen molar-refractivity contribution in [3.8, 4) is 0 Å². The van der Waals surface area contributed by atoms with Gasteiger partial charge in [-0.3, -0.25) is 9.88 Å². The van der Waals surface area contributed by atoms with Crippen molar-refractivity contribution in [2.75, 3.05) is 37.2 Å². The highest BCUT2D eigenvalue weighted by atomic mass is 32.2. The van der Waals surface area contributed by atoms with E-state index in [9.17, 15) is 12.8 Å². The van der Waals surface area contributed by atoms with Crippen LogP contribution in [0.3, 0.4) is 0 Å². The molecule has 1 aromatic heterocycles. The molecule has 0 unspecified atom stereocenters. The van der Waals surface area contributed by atoms with Crippen LogP contribution in [0, 0.1) is 5.82 Å². The van der Waals surface area contributed by atoms with Gasteiger partial charge in [0.05, 0.1) is 17.6 Å². The zero-order valence-corrected chi connectivity index (χ0v) is 15.5. The number of halogens is 1. The summed E-state index contributed by atoms with van der Waals surface area (Å²) >= 11 is 0. The second kappa shape index (κ2) is 8.11. The van der Waals surface area contributed by atoms with Crippen molar-refractivity contribution < 1.29 is 12.8 Å². The molecule has 1 N–H and O–H groups in total. The molecule has 1 aliphatic rings. The van der Waals surface area contributed by atoms with Crippen LogP contribution in [0.2, 0.25) is 0 Å². The van der Waals surface area contributed by atoms with Crippen molar-refractivity contribution >= 4 is 21.4 Å². The maximum Gasteiger partial charge on any atom is 0.213 e. The summed E-state index contributed by atoms with van der Waals surface area (Å²) in [6, 6.07) is 8.65. The molecule has 26 heavy (non-hydrogen) atoms. The smallest absolute Gasteiger partial charge is 0.213 e. The predicted molar refractivity (Wildman–Crippen MR) is 100 cm³/mol. The third kappa shape index (κ3) is 4.57. The fourth-order valence-electron chi connectivity index (χ4n) is 2.97. The first kappa shape index (κ1) is 18.8. The Hall–Kier alpha value is -2.03. The molecule has 6 nitrogen and oxygen atoms in total. The maximum absolute atomic E-state index is 14.2. The van der Waals surface area contributed by atoms with Crippen LogP contribution < -0.4 is 5.32 Å². The quantitative estimate of drug-likeness (QED) is 0.836. The van der Waals surface area contributed by atoms with Crippen LogP contribution >= 0.6 is 0 Å². The summed E-state index contributed by atoms with van der Waals surface area (Å²) in [5.41, 5.74) is 2.22. The minimum absolute atomic E-state index is 0.115. The lowest BCUT2D eigenvalue weighted by Gasteiger charge is -2.33. The average molecular weight is 378 g/mol. The number of anilines is 2. The fraction of sp³-hybridized carbons (Fsp3) is 0.389. The first-order chi connectivity index (χ1) is 12.5. The van der Waals surface area contributed by atoms with Crippen molar-refractivity contribution in [2.45, 2.75) is 13.5 Å². The lowest BCUT2D eigenvalue weighted by atomic mass is 10.1. The van der Waals surface area contributed by atoms with Crippen molar-refractivity contribution in [2.24, 2.45) is 0 Å². The molecule has 0 spiro atoms. The Bertz CT molecular complexity index is 838. The molecule has 3 rings (SSSR count). The number of pyridine rings is 1. The van der Waals surface area contributed by atoms with Gasteiger partial charge in [-0.2, -0.15) is 4.31 Å². The molecule has 8 heteroatoms. The second-order valence-electron chi connectivity index (χ2n) is 6.25. The monoisotopic (exact) mass is 378 g/mol. The van der Waals surface area contributed by atoms with Crippen LogP contribution in [0.1, 0.15) is 12.5 Å². The molecule has 0 bridgehead atoms. The molecular weight excluding hydrogens is 355 g/mol. The van der Waals surface area contributed by atoms with Gasteiger partial charge >= 0.3 is 0 Å². The topological polar surface area (TPSA) is 65.5 Å². The number of nitrogens with one attached hydrogen (secondary N) is 1. The molecule has 2 heterocycles. The van der Waals surface area contributed by atoms with E-state index >= 15 is 0 Å². The SMILES string of the molecule is CCS(=O)(=O)N1CCN(Cc2cc(Nc3cccnc3)ccc2F)CC1. The van der Waals surface area contributed by atoms with E-state index in [1.807, 2.05) is 12.1 Å². The number of sulfonamides is 1. The molecule has 1 saturated heterocycles. The summed E-state index contributed by atoms with van der Waals surface area (Å²) in [4.78, 5) is 6.13. The van der Waals surface area contributed by atoms with Crippen molar-refractivity contribution in [1.29, 1.82) is 0 Å². The van der Waals surface area contributed by atoms with E-state index in [2.05, 4.69) is 15.2 Å². The number of rotatable bonds is 6. The van der Waals surface area contributed by atoms with Crippen LogP contribution in [0.15, 0.2) is 42.7 Å². The number of piperazine rings is 1. The Morgan fingerprint density at radius 2 is 1.92 bits per heavy atom. The fourth-order valence-corrected chi connectivity index (χ4v) is 4.05. The zero-order valence-electron chi connectivity index (χ0n) is 14.7. The molecule has 1 aliphatic heterocycles. The van der Waals surface area contributed by atoms with E-state index < -0.39 is 10.0 Å². The minimum Gasteiger partial charge on any atom is -0.354 e. The van der Waals surface area contributed by atoms with E-state index in [4.69, 9.17) is 0 Å². The molecule has 0 radical (unpaired) electrons. The molecule has 1 aromatic carbocycles. The van der Waals surface area contributed by atoms with E-state index in [1.54, 1.807) is 31.5 Å². The number of hydrogen-bond donors (Lipinski definition) is 1. The third-order valence-electron chi connectivity index (χ3n) is 4.48. The summed E-state index contributed by atoms with van der Waals surface area (Å²) in [6.45, 7) is 4.20. The molecule has 2 aromatic rings. The Morgan fingerprint density at radius 1 is 1.15 bits per heavy atom. The Kier molecular flexibility index (Phi) is 5.85. The largest absolute Gasteiger partial charge is 0.354 e. The second-order valence-corrected chi connectivity index (χ2v) is 8.51. The van der Waals surface area contributed by atoms with Crippen molar-refractivity contribution in [1.82, 2.24) is 14.2 Å². The van der Waals surface area contributed by atoms with Gasteiger partial charge in [0, 0.05) is 50.2 Å². The molecule has 0 aliphatic carbocycles. The van der Waals surface area contributed by atoms with Crippen molar-refractivity contribution in [3.05, 3.63) is 54.1 Å². The van der Waals surface area contributed by atoms with E-state index in [-0.39, 0.29) is 11.6 Å². The minimum atomic E-state index is -3.15. The molecular formula is C18H23FN4O2S. The zero-order chi connectivity index (χ0) is 18.6. The first-order valence-corrected chi connectivity index (χ1v) is 10.2. The number of benzene rings is 1. The summed E-state index contributed by atoms with van der Waals surface area (Å²) in [6.07, 6.45) is 3.40. The standard InChI is InChI=1S/C18H23FN4O2S/c1-2-26(24,25)23-10-8-22(9-11-23)14-15-12-16(5-6-18(15)19)21-17-4-3-7-20-13-17/h3-7,12-13,21H,2,8-11,14H2,1H3.